The SMILES string of the molecule is COc1cc(C=C(C#N)C#N)cc(C(=O)O)c1. The predicted molar refractivity (Wildman–Crippen MR) is 59.2 cm³/mol. The minimum atomic E-state index is -1.10. The van der Waals surface area contributed by atoms with Gasteiger partial charge in [-0.15, -0.1) is 0 Å². The lowest BCUT2D eigenvalue weighted by molar-refractivity contribution is 0.0696. The first-order valence-corrected chi connectivity index (χ1v) is 4.55. The molecule has 0 aliphatic carbocycles. The van der Waals surface area contributed by atoms with Crippen molar-refractivity contribution >= 4 is 12.0 Å². The van der Waals surface area contributed by atoms with Crippen LogP contribution in [0.3, 0.4) is 0 Å². The molecule has 17 heavy (non-hydrogen) atoms. The number of hydrogen-bond donors (Lipinski definition) is 1. The van der Waals surface area contributed by atoms with E-state index in [1.807, 2.05) is 0 Å². The molecule has 0 aromatic heterocycles. The van der Waals surface area contributed by atoms with Crippen molar-refractivity contribution in [2.45, 2.75) is 0 Å². The third-order valence-electron chi connectivity index (χ3n) is 1.96. The Morgan fingerprint density at radius 1 is 1.35 bits per heavy atom. The molecule has 0 radical (unpaired) electrons. The molecule has 5 heteroatoms. The number of nitrogens with zero attached hydrogens (tertiary/aromatic N) is 2. The minimum absolute atomic E-state index is 0.0332. The zero-order chi connectivity index (χ0) is 12.8. The molecule has 0 atom stereocenters. The number of allylic oxidation sites excluding steroid dienone is 1. The predicted octanol–water partition coefficient (Wildman–Crippen LogP) is 1.82. The standard InChI is InChI=1S/C12H8N2O3/c1-17-11-4-8(2-9(6-13)7-14)3-10(5-11)12(15)16/h2-5H,1H3,(H,15,16). The Bertz CT molecular complexity index is 546. The van der Waals surface area contributed by atoms with Gasteiger partial charge in [-0.1, -0.05) is 0 Å². The summed E-state index contributed by atoms with van der Waals surface area (Å²) >= 11 is 0. The highest BCUT2D eigenvalue weighted by atomic mass is 16.5. The fourth-order valence-corrected chi connectivity index (χ4v) is 1.20. The van der Waals surface area contributed by atoms with Crippen molar-refractivity contribution in [3.63, 3.8) is 0 Å². The number of rotatable bonds is 3. The van der Waals surface area contributed by atoms with Crippen LogP contribution in [0.1, 0.15) is 15.9 Å². The van der Waals surface area contributed by atoms with Crippen LogP contribution in [0.2, 0.25) is 0 Å². The van der Waals surface area contributed by atoms with Gasteiger partial charge in [-0.05, 0) is 29.8 Å². The van der Waals surface area contributed by atoms with Crippen LogP contribution in [0.15, 0.2) is 23.8 Å². The topological polar surface area (TPSA) is 94.1 Å². The van der Waals surface area contributed by atoms with Crippen molar-refractivity contribution in [2.24, 2.45) is 0 Å². The number of carbonyl (C=O) groups is 1. The minimum Gasteiger partial charge on any atom is -0.497 e. The normalized spacial score (nSPS) is 8.65. The van der Waals surface area contributed by atoms with Gasteiger partial charge in [0.2, 0.25) is 0 Å². The van der Waals surface area contributed by atoms with E-state index >= 15 is 0 Å². The van der Waals surface area contributed by atoms with E-state index in [2.05, 4.69) is 0 Å². The highest BCUT2D eigenvalue weighted by molar-refractivity contribution is 5.89. The summed E-state index contributed by atoms with van der Waals surface area (Å²) in [6, 6.07) is 7.66. The zero-order valence-electron chi connectivity index (χ0n) is 8.97. The van der Waals surface area contributed by atoms with Gasteiger partial charge in [0, 0.05) is 0 Å². The fourth-order valence-electron chi connectivity index (χ4n) is 1.20. The number of aromatic carboxylic acids is 1. The highest BCUT2D eigenvalue weighted by Gasteiger charge is 2.07. The van der Waals surface area contributed by atoms with E-state index in [9.17, 15) is 4.79 Å². The molecule has 0 saturated heterocycles. The van der Waals surface area contributed by atoms with Crippen LogP contribution in [0.5, 0.6) is 5.75 Å². The second-order valence-electron chi connectivity index (χ2n) is 3.08. The molecule has 5 nitrogen and oxygen atoms in total. The van der Waals surface area contributed by atoms with Crippen LogP contribution < -0.4 is 4.74 Å². The Balaban J connectivity index is 3.31. The summed E-state index contributed by atoms with van der Waals surface area (Å²) in [5.74, 6) is -0.750. The molecule has 0 unspecified atom stereocenters. The molecule has 0 amide bonds. The molecular formula is C12H8N2O3. The molecule has 1 aromatic rings. The Hall–Kier alpha value is -2.79. The summed E-state index contributed by atoms with van der Waals surface area (Å²) < 4.78 is 4.94. The zero-order valence-corrected chi connectivity index (χ0v) is 8.97. The lowest BCUT2D eigenvalue weighted by Crippen LogP contribution is -1.97. The van der Waals surface area contributed by atoms with Crippen LogP contribution in [0.25, 0.3) is 6.08 Å². The molecule has 0 aliphatic heterocycles. The first-order valence-electron chi connectivity index (χ1n) is 4.55. The van der Waals surface area contributed by atoms with Crippen molar-refractivity contribution in [3.8, 4) is 17.9 Å². The van der Waals surface area contributed by atoms with Gasteiger partial charge in [-0.25, -0.2) is 4.79 Å². The molecule has 0 fully saturated rings. The summed E-state index contributed by atoms with van der Waals surface area (Å²) in [5.41, 5.74) is 0.361. The number of benzene rings is 1. The molecule has 1 N–H and O–H groups in total. The Kier molecular flexibility index (Phi) is 3.86. The highest BCUT2D eigenvalue weighted by Crippen LogP contribution is 2.19. The summed E-state index contributed by atoms with van der Waals surface area (Å²) in [5, 5.41) is 26.1. The second-order valence-corrected chi connectivity index (χ2v) is 3.08. The number of carboxylic acids is 1. The third-order valence-corrected chi connectivity index (χ3v) is 1.96. The molecule has 1 aromatic carbocycles. The lowest BCUT2D eigenvalue weighted by atomic mass is 10.1. The molecule has 84 valence electrons. The van der Waals surface area contributed by atoms with Crippen LogP contribution in [0, 0.1) is 22.7 Å². The van der Waals surface area contributed by atoms with Crippen molar-refractivity contribution in [1.82, 2.24) is 0 Å². The van der Waals surface area contributed by atoms with E-state index in [4.69, 9.17) is 20.4 Å². The van der Waals surface area contributed by atoms with Gasteiger partial charge in [0.1, 0.15) is 23.5 Å². The summed E-state index contributed by atoms with van der Waals surface area (Å²) in [6.07, 6.45) is 1.30. The van der Waals surface area contributed by atoms with Gasteiger partial charge in [-0.3, -0.25) is 0 Å². The summed E-state index contributed by atoms with van der Waals surface area (Å²) in [4.78, 5) is 10.8. The average molecular weight is 228 g/mol. The Labute approximate surface area is 97.8 Å². The van der Waals surface area contributed by atoms with E-state index in [-0.39, 0.29) is 11.1 Å². The monoisotopic (exact) mass is 228 g/mol. The van der Waals surface area contributed by atoms with Crippen LogP contribution >= 0.6 is 0 Å². The van der Waals surface area contributed by atoms with Crippen molar-refractivity contribution in [1.29, 1.82) is 10.5 Å². The maximum absolute atomic E-state index is 10.8. The van der Waals surface area contributed by atoms with E-state index in [0.29, 0.717) is 11.3 Å². The first kappa shape index (κ1) is 12.3. The third kappa shape index (κ3) is 3.08. The van der Waals surface area contributed by atoms with Gasteiger partial charge >= 0.3 is 5.97 Å². The number of ether oxygens (including phenoxy) is 1. The van der Waals surface area contributed by atoms with Crippen molar-refractivity contribution in [3.05, 3.63) is 34.9 Å². The molecule has 0 heterocycles. The first-order chi connectivity index (χ1) is 8.10. The number of methoxy groups -OCH3 is 1. The van der Waals surface area contributed by atoms with Gasteiger partial charge in [0.15, 0.2) is 0 Å². The van der Waals surface area contributed by atoms with Crippen LogP contribution in [-0.2, 0) is 0 Å². The Morgan fingerprint density at radius 3 is 2.47 bits per heavy atom. The molecule has 0 saturated carbocycles. The van der Waals surface area contributed by atoms with Crippen LogP contribution in [0.4, 0.5) is 0 Å². The molecule has 0 bridgehead atoms. The largest absolute Gasteiger partial charge is 0.497 e. The van der Waals surface area contributed by atoms with Gasteiger partial charge in [-0.2, -0.15) is 10.5 Å². The quantitative estimate of drug-likeness (QED) is 0.796. The van der Waals surface area contributed by atoms with E-state index in [0.717, 1.165) is 0 Å². The number of carboxylic acid groups (broad SMARTS) is 1. The van der Waals surface area contributed by atoms with Crippen LogP contribution in [-0.4, -0.2) is 18.2 Å². The lowest BCUT2D eigenvalue weighted by Gasteiger charge is -2.03. The molecule has 0 spiro atoms. The summed E-state index contributed by atoms with van der Waals surface area (Å²) in [7, 11) is 1.41. The Morgan fingerprint density at radius 2 is 2.00 bits per heavy atom. The second kappa shape index (κ2) is 5.34. The number of hydrogen-bond acceptors (Lipinski definition) is 4. The fraction of sp³-hybridized carbons (Fsp3) is 0.0833. The maximum atomic E-state index is 10.8. The number of nitriles is 2. The molecule has 1 rings (SSSR count). The molecular weight excluding hydrogens is 220 g/mol. The van der Waals surface area contributed by atoms with Gasteiger partial charge in [0.25, 0.3) is 0 Å². The van der Waals surface area contributed by atoms with Crippen molar-refractivity contribution in [2.75, 3.05) is 7.11 Å². The van der Waals surface area contributed by atoms with Crippen molar-refractivity contribution < 1.29 is 14.6 Å². The molecule has 0 aliphatic rings. The van der Waals surface area contributed by atoms with Gasteiger partial charge < -0.3 is 9.84 Å². The van der Waals surface area contributed by atoms with E-state index in [1.54, 1.807) is 18.2 Å². The summed E-state index contributed by atoms with van der Waals surface area (Å²) in [6.45, 7) is 0. The smallest absolute Gasteiger partial charge is 0.335 e. The average Bonchev–Trinajstić information content (AvgIpc) is 2.35. The van der Waals surface area contributed by atoms with Gasteiger partial charge in [0.05, 0.1) is 12.7 Å². The maximum Gasteiger partial charge on any atom is 0.335 e. The van der Waals surface area contributed by atoms with E-state index < -0.39 is 5.97 Å². The van der Waals surface area contributed by atoms with E-state index in [1.165, 1.54) is 25.3 Å².